The van der Waals surface area contributed by atoms with E-state index >= 15 is 0 Å². The summed E-state index contributed by atoms with van der Waals surface area (Å²) in [6, 6.07) is 20.0. The summed E-state index contributed by atoms with van der Waals surface area (Å²) in [6.45, 7) is 8.11. The predicted octanol–water partition coefficient (Wildman–Crippen LogP) is 6.07. The van der Waals surface area contributed by atoms with Gasteiger partial charge in [0.05, 0.1) is 7.11 Å². The maximum absolute atomic E-state index is 12.7. The van der Waals surface area contributed by atoms with Gasteiger partial charge in [0.25, 0.3) is 5.91 Å². The molecule has 0 unspecified atom stereocenters. The molecule has 1 N–H and O–H groups in total. The average Bonchev–Trinajstić information content (AvgIpc) is 2.74. The molecule has 1 amide bonds. The van der Waals surface area contributed by atoms with Gasteiger partial charge in [-0.25, -0.2) is 0 Å². The quantitative estimate of drug-likeness (QED) is 0.386. The molecule has 4 nitrogen and oxygen atoms in total. The molecule has 0 fully saturated rings. The van der Waals surface area contributed by atoms with E-state index in [1.165, 1.54) is 16.7 Å². The normalized spacial score (nSPS) is 11.1. The Kier molecular flexibility index (Phi) is 7.12. The largest absolute Gasteiger partial charge is 0.496 e. The molecule has 0 atom stereocenters. The molecular weight excluding hydrogens is 396 g/mol. The summed E-state index contributed by atoms with van der Waals surface area (Å²) in [5, 5.41) is 12.4. The van der Waals surface area contributed by atoms with Gasteiger partial charge in [-0.05, 0) is 68.2 Å². The van der Waals surface area contributed by atoms with Crippen LogP contribution in [0.3, 0.4) is 0 Å². The summed E-state index contributed by atoms with van der Waals surface area (Å²) < 4.78 is 5.60. The van der Waals surface area contributed by atoms with E-state index in [2.05, 4.69) is 37.4 Å². The Morgan fingerprint density at radius 2 is 1.69 bits per heavy atom. The molecule has 3 aromatic carbocycles. The molecule has 0 aromatic heterocycles. The van der Waals surface area contributed by atoms with Crippen molar-refractivity contribution in [3.63, 3.8) is 0 Å². The fraction of sp³-hybridized carbons (Fsp3) is 0.214. The standard InChI is InChI=1S/C28H28N2O2/c1-18-6-9-26(21(4)11-18)30-28(31)25(17-29)14-22-7-8-24(27(16-22)32-5)15-23-12-19(2)10-20(3)13-23/h6-14,16H,15H2,1-5H3,(H,30,31)/b25-14+. The number of nitriles is 1. The van der Waals surface area contributed by atoms with Gasteiger partial charge in [-0.15, -0.1) is 0 Å². The summed E-state index contributed by atoms with van der Waals surface area (Å²) in [6.07, 6.45) is 2.33. The molecule has 0 saturated carbocycles. The zero-order valence-corrected chi connectivity index (χ0v) is 19.2. The van der Waals surface area contributed by atoms with Crippen LogP contribution in [0.2, 0.25) is 0 Å². The van der Waals surface area contributed by atoms with Gasteiger partial charge in [-0.2, -0.15) is 5.26 Å². The third-order valence-corrected chi connectivity index (χ3v) is 5.29. The number of nitrogens with zero attached hydrogens (tertiary/aromatic N) is 1. The summed E-state index contributed by atoms with van der Waals surface area (Å²) in [7, 11) is 1.63. The number of hydrogen-bond acceptors (Lipinski definition) is 3. The molecule has 0 aliphatic rings. The smallest absolute Gasteiger partial charge is 0.266 e. The highest BCUT2D eigenvalue weighted by atomic mass is 16.5. The van der Waals surface area contributed by atoms with E-state index < -0.39 is 5.91 Å². The van der Waals surface area contributed by atoms with Crippen LogP contribution in [0.5, 0.6) is 5.75 Å². The Hall–Kier alpha value is -3.84. The van der Waals surface area contributed by atoms with Crippen molar-refractivity contribution in [2.24, 2.45) is 0 Å². The minimum absolute atomic E-state index is 0.0362. The van der Waals surface area contributed by atoms with E-state index in [0.717, 1.165) is 34.4 Å². The van der Waals surface area contributed by atoms with Crippen molar-refractivity contribution in [2.45, 2.75) is 34.1 Å². The van der Waals surface area contributed by atoms with Crippen molar-refractivity contribution < 1.29 is 9.53 Å². The first-order valence-corrected chi connectivity index (χ1v) is 10.5. The Balaban J connectivity index is 1.84. The summed E-state index contributed by atoms with van der Waals surface area (Å²) in [4.78, 5) is 12.7. The molecule has 0 aliphatic carbocycles. The second-order valence-electron chi connectivity index (χ2n) is 8.19. The fourth-order valence-electron chi connectivity index (χ4n) is 3.85. The van der Waals surface area contributed by atoms with Crippen molar-refractivity contribution in [2.75, 3.05) is 12.4 Å². The predicted molar refractivity (Wildman–Crippen MR) is 130 cm³/mol. The van der Waals surface area contributed by atoms with Crippen LogP contribution in [0.1, 0.15) is 38.9 Å². The number of nitrogens with one attached hydrogen (secondary N) is 1. The highest BCUT2D eigenvalue weighted by molar-refractivity contribution is 6.10. The van der Waals surface area contributed by atoms with Gasteiger partial charge in [-0.3, -0.25) is 4.79 Å². The first-order valence-electron chi connectivity index (χ1n) is 10.5. The number of benzene rings is 3. The number of amides is 1. The maximum atomic E-state index is 12.7. The van der Waals surface area contributed by atoms with Crippen molar-refractivity contribution >= 4 is 17.7 Å². The van der Waals surface area contributed by atoms with Crippen LogP contribution in [0.15, 0.2) is 60.2 Å². The number of carbonyl (C=O) groups excluding carboxylic acids is 1. The number of rotatable bonds is 6. The lowest BCUT2D eigenvalue weighted by molar-refractivity contribution is -0.112. The lowest BCUT2D eigenvalue weighted by Crippen LogP contribution is -2.14. The number of aryl methyl sites for hydroxylation is 4. The maximum Gasteiger partial charge on any atom is 0.266 e. The van der Waals surface area contributed by atoms with Crippen molar-refractivity contribution in [1.82, 2.24) is 0 Å². The van der Waals surface area contributed by atoms with Gasteiger partial charge in [0.15, 0.2) is 0 Å². The molecule has 32 heavy (non-hydrogen) atoms. The van der Waals surface area contributed by atoms with Crippen LogP contribution in [0.25, 0.3) is 6.08 Å². The topological polar surface area (TPSA) is 62.1 Å². The van der Waals surface area contributed by atoms with Crippen LogP contribution in [-0.2, 0) is 11.2 Å². The monoisotopic (exact) mass is 424 g/mol. The minimum atomic E-state index is -0.433. The third kappa shape index (κ3) is 5.65. The number of methoxy groups -OCH3 is 1. The highest BCUT2D eigenvalue weighted by Gasteiger charge is 2.12. The Bertz CT molecular complexity index is 1210. The van der Waals surface area contributed by atoms with Crippen molar-refractivity contribution in [3.8, 4) is 11.8 Å². The number of hydrogen-bond donors (Lipinski definition) is 1. The van der Waals surface area contributed by atoms with Crippen LogP contribution < -0.4 is 10.1 Å². The Labute approximate surface area is 190 Å². The van der Waals surface area contributed by atoms with E-state index in [1.54, 1.807) is 13.2 Å². The van der Waals surface area contributed by atoms with E-state index in [4.69, 9.17) is 4.74 Å². The van der Waals surface area contributed by atoms with E-state index in [9.17, 15) is 10.1 Å². The molecule has 0 saturated heterocycles. The first-order chi connectivity index (χ1) is 15.3. The van der Waals surface area contributed by atoms with Crippen LogP contribution >= 0.6 is 0 Å². The molecule has 0 radical (unpaired) electrons. The van der Waals surface area contributed by atoms with Gasteiger partial charge >= 0.3 is 0 Å². The van der Waals surface area contributed by atoms with Gasteiger partial charge in [-0.1, -0.05) is 59.2 Å². The highest BCUT2D eigenvalue weighted by Crippen LogP contribution is 2.25. The van der Waals surface area contributed by atoms with Crippen LogP contribution in [-0.4, -0.2) is 13.0 Å². The van der Waals surface area contributed by atoms with Crippen LogP contribution in [0, 0.1) is 39.0 Å². The first kappa shape index (κ1) is 22.8. The van der Waals surface area contributed by atoms with E-state index in [-0.39, 0.29) is 5.57 Å². The Morgan fingerprint density at radius 1 is 0.969 bits per heavy atom. The number of ether oxygens (including phenoxy) is 1. The van der Waals surface area contributed by atoms with Gasteiger partial charge < -0.3 is 10.1 Å². The summed E-state index contributed by atoms with van der Waals surface area (Å²) in [5.41, 5.74) is 8.26. The van der Waals surface area contributed by atoms with Crippen LogP contribution in [0.4, 0.5) is 5.69 Å². The van der Waals surface area contributed by atoms with Crippen molar-refractivity contribution in [3.05, 3.63) is 99.1 Å². The van der Waals surface area contributed by atoms with Gasteiger partial charge in [0.1, 0.15) is 17.4 Å². The van der Waals surface area contributed by atoms with E-state index in [0.29, 0.717) is 5.69 Å². The number of anilines is 1. The lowest BCUT2D eigenvalue weighted by atomic mass is 9.98. The molecule has 0 bridgehead atoms. The van der Waals surface area contributed by atoms with E-state index in [1.807, 2.05) is 56.3 Å². The molecule has 3 aromatic rings. The molecule has 3 rings (SSSR count). The molecule has 0 heterocycles. The minimum Gasteiger partial charge on any atom is -0.496 e. The summed E-state index contributed by atoms with van der Waals surface area (Å²) in [5.74, 6) is 0.294. The summed E-state index contributed by atoms with van der Waals surface area (Å²) >= 11 is 0. The molecule has 162 valence electrons. The average molecular weight is 425 g/mol. The molecule has 0 aliphatic heterocycles. The third-order valence-electron chi connectivity index (χ3n) is 5.29. The fourth-order valence-corrected chi connectivity index (χ4v) is 3.85. The Morgan fingerprint density at radius 3 is 2.31 bits per heavy atom. The number of carbonyl (C=O) groups is 1. The SMILES string of the molecule is COc1cc(/C=C(\C#N)C(=O)Nc2ccc(C)cc2C)ccc1Cc1cc(C)cc(C)c1. The zero-order valence-electron chi connectivity index (χ0n) is 19.2. The zero-order chi connectivity index (χ0) is 23.3. The second-order valence-corrected chi connectivity index (χ2v) is 8.19. The second kappa shape index (κ2) is 9.98. The van der Waals surface area contributed by atoms with Gasteiger partial charge in [0, 0.05) is 12.1 Å². The van der Waals surface area contributed by atoms with Crippen molar-refractivity contribution in [1.29, 1.82) is 5.26 Å². The van der Waals surface area contributed by atoms with Gasteiger partial charge in [0.2, 0.25) is 0 Å². The molecule has 0 spiro atoms. The lowest BCUT2D eigenvalue weighted by Gasteiger charge is -2.11. The molecule has 4 heteroatoms. The molecular formula is C28H28N2O2.